The summed E-state index contributed by atoms with van der Waals surface area (Å²) in [7, 11) is 0. The number of carbonyl (C=O) groups is 1. The lowest BCUT2D eigenvalue weighted by atomic mass is 9.87. The first-order valence-corrected chi connectivity index (χ1v) is 13.2. The number of likely N-dealkylation sites (tertiary alicyclic amines) is 1. The highest BCUT2D eigenvalue weighted by atomic mass is 16.5. The van der Waals surface area contributed by atoms with Gasteiger partial charge in [0.05, 0.1) is 6.10 Å². The number of fused-ring (bicyclic) bond motifs is 1. The van der Waals surface area contributed by atoms with Crippen molar-refractivity contribution in [1.29, 1.82) is 0 Å². The Kier molecular flexibility index (Phi) is 7.82. The zero-order chi connectivity index (χ0) is 23.2. The first kappa shape index (κ1) is 23.4. The summed E-state index contributed by atoms with van der Waals surface area (Å²) in [5.74, 6) is 0.784. The predicted molar refractivity (Wildman–Crippen MR) is 134 cm³/mol. The number of carbonyl (C=O) groups excluding carboxylic acids is 1. The summed E-state index contributed by atoms with van der Waals surface area (Å²) in [6.07, 6.45) is 10.7. The second-order valence-corrected chi connectivity index (χ2v) is 10.2. The van der Waals surface area contributed by atoms with Gasteiger partial charge in [0.15, 0.2) is 0 Å². The summed E-state index contributed by atoms with van der Waals surface area (Å²) in [6, 6.07) is 14.7. The predicted octanol–water partition coefficient (Wildman–Crippen LogP) is 4.91. The van der Waals surface area contributed by atoms with Crippen molar-refractivity contribution in [2.75, 3.05) is 26.3 Å². The molecule has 0 spiro atoms. The van der Waals surface area contributed by atoms with Gasteiger partial charge in [-0.2, -0.15) is 0 Å². The number of aryl methyl sites for hydroxylation is 1. The van der Waals surface area contributed by atoms with Gasteiger partial charge in [-0.05, 0) is 99.0 Å². The summed E-state index contributed by atoms with van der Waals surface area (Å²) in [5, 5.41) is 3.25. The van der Waals surface area contributed by atoms with Crippen molar-refractivity contribution in [3.05, 3.63) is 64.7 Å². The van der Waals surface area contributed by atoms with Crippen molar-refractivity contribution < 1.29 is 14.3 Å². The fourth-order valence-corrected chi connectivity index (χ4v) is 5.52. The number of hydrogen-bond donors (Lipinski definition) is 1. The maximum Gasteiger partial charge on any atom is 0.251 e. The van der Waals surface area contributed by atoms with Gasteiger partial charge in [0.2, 0.25) is 0 Å². The van der Waals surface area contributed by atoms with Crippen LogP contribution in [0.15, 0.2) is 42.5 Å². The minimum Gasteiger partial charge on any atom is -0.491 e. The van der Waals surface area contributed by atoms with E-state index in [1.54, 1.807) is 0 Å². The molecule has 5 rings (SSSR count). The standard InChI is InChI=1S/C29H38N2O3/c32-29(23-10-13-27(14-11-23)34-21-28-6-5-17-33-28)30-26-12-9-24-18-22(7-8-25(24)19-26)20-31-15-3-1-2-4-16-31/h7-8,10-11,13-14,18,26,28H,1-6,9,12,15-17,19-21H2,(H,30,32)/t26-,28-/m0/s1. The van der Waals surface area contributed by atoms with E-state index in [4.69, 9.17) is 9.47 Å². The number of benzene rings is 2. The molecule has 2 aliphatic heterocycles. The van der Waals surface area contributed by atoms with E-state index in [-0.39, 0.29) is 18.1 Å². The normalized spacial score (nSPS) is 23.2. The van der Waals surface area contributed by atoms with Crippen LogP contribution in [0.4, 0.5) is 0 Å². The van der Waals surface area contributed by atoms with Crippen LogP contribution in [0, 0.1) is 0 Å². The lowest BCUT2D eigenvalue weighted by molar-refractivity contribution is 0.0679. The van der Waals surface area contributed by atoms with Gasteiger partial charge in [-0.25, -0.2) is 0 Å². The zero-order valence-corrected chi connectivity index (χ0v) is 20.3. The molecule has 5 nitrogen and oxygen atoms in total. The molecule has 1 N–H and O–H groups in total. The maximum atomic E-state index is 12.8. The van der Waals surface area contributed by atoms with Crippen LogP contribution in [-0.2, 0) is 24.1 Å². The molecule has 182 valence electrons. The van der Waals surface area contributed by atoms with Crippen molar-refractivity contribution in [3.8, 4) is 5.75 Å². The lowest BCUT2D eigenvalue weighted by Crippen LogP contribution is -2.38. The van der Waals surface area contributed by atoms with Crippen LogP contribution in [-0.4, -0.2) is 49.3 Å². The molecule has 2 saturated heterocycles. The molecule has 0 aromatic heterocycles. The highest BCUT2D eigenvalue weighted by Gasteiger charge is 2.22. The van der Waals surface area contributed by atoms with E-state index in [9.17, 15) is 4.79 Å². The molecule has 3 aliphatic rings. The second-order valence-electron chi connectivity index (χ2n) is 10.2. The molecular weight excluding hydrogens is 424 g/mol. The van der Waals surface area contributed by atoms with Crippen molar-refractivity contribution in [2.24, 2.45) is 0 Å². The van der Waals surface area contributed by atoms with E-state index in [1.807, 2.05) is 24.3 Å². The Labute approximate surface area is 203 Å². The molecule has 0 radical (unpaired) electrons. The fourth-order valence-electron chi connectivity index (χ4n) is 5.52. The van der Waals surface area contributed by atoms with Crippen LogP contribution < -0.4 is 10.1 Å². The second kappa shape index (κ2) is 11.4. The van der Waals surface area contributed by atoms with E-state index in [1.165, 1.54) is 55.5 Å². The summed E-state index contributed by atoms with van der Waals surface area (Å²) in [6.45, 7) is 4.94. The molecule has 2 aromatic carbocycles. The van der Waals surface area contributed by atoms with Crippen LogP contribution in [0.3, 0.4) is 0 Å². The van der Waals surface area contributed by atoms with Crippen molar-refractivity contribution in [2.45, 2.75) is 76.5 Å². The first-order valence-electron chi connectivity index (χ1n) is 13.2. The molecule has 2 aromatic rings. The van der Waals surface area contributed by atoms with Crippen LogP contribution >= 0.6 is 0 Å². The lowest BCUT2D eigenvalue weighted by Gasteiger charge is -2.27. The van der Waals surface area contributed by atoms with Gasteiger partial charge < -0.3 is 14.8 Å². The average Bonchev–Trinajstić information content (AvgIpc) is 3.26. The first-order chi connectivity index (χ1) is 16.7. The Hall–Kier alpha value is -2.37. The largest absolute Gasteiger partial charge is 0.491 e. The van der Waals surface area contributed by atoms with Crippen LogP contribution in [0.1, 0.15) is 72.0 Å². The van der Waals surface area contributed by atoms with Gasteiger partial charge in [0.25, 0.3) is 5.91 Å². The Bertz CT molecular complexity index is 944. The number of rotatable bonds is 7. The van der Waals surface area contributed by atoms with Crippen LogP contribution in [0.5, 0.6) is 5.75 Å². The minimum absolute atomic E-state index is 0.00286. The summed E-state index contributed by atoms with van der Waals surface area (Å²) in [5.41, 5.74) is 4.97. The Morgan fingerprint density at radius 3 is 2.56 bits per heavy atom. The number of amides is 1. The number of ether oxygens (including phenoxy) is 2. The van der Waals surface area contributed by atoms with Gasteiger partial charge >= 0.3 is 0 Å². The third-order valence-corrected chi connectivity index (χ3v) is 7.52. The average molecular weight is 463 g/mol. The molecule has 2 fully saturated rings. The van der Waals surface area contributed by atoms with E-state index in [0.717, 1.165) is 51.0 Å². The van der Waals surface area contributed by atoms with E-state index >= 15 is 0 Å². The molecule has 1 aliphatic carbocycles. The summed E-state index contributed by atoms with van der Waals surface area (Å²) in [4.78, 5) is 15.4. The Morgan fingerprint density at radius 2 is 1.79 bits per heavy atom. The molecule has 2 atom stereocenters. The minimum atomic E-state index is -0.00286. The topological polar surface area (TPSA) is 50.8 Å². The van der Waals surface area contributed by atoms with Gasteiger partial charge in [-0.3, -0.25) is 9.69 Å². The van der Waals surface area contributed by atoms with E-state index < -0.39 is 0 Å². The van der Waals surface area contributed by atoms with Crippen molar-refractivity contribution in [3.63, 3.8) is 0 Å². The number of nitrogens with zero attached hydrogens (tertiary/aromatic N) is 1. The van der Waals surface area contributed by atoms with Crippen molar-refractivity contribution >= 4 is 5.91 Å². The van der Waals surface area contributed by atoms with Gasteiger partial charge in [0.1, 0.15) is 12.4 Å². The number of hydrogen-bond acceptors (Lipinski definition) is 4. The highest BCUT2D eigenvalue weighted by molar-refractivity contribution is 5.94. The molecule has 0 bridgehead atoms. The van der Waals surface area contributed by atoms with E-state index in [0.29, 0.717) is 12.2 Å². The molecule has 5 heteroatoms. The van der Waals surface area contributed by atoms with Crippen molar-refractivity contribution in [1.82, 2.24) is 10.2 Å². The summed E-state index contributed by atoms with van der Waals surface area (Å²) >= 11 is 0. The monoisotopic (exact) mass is 462 g/mol. The quantitative estimate of drug-likeness (QED) is 0.635. The maximum absolute atomic E-state index is 12.8. The van der Waals surface area contributed by atoms with Gasteiger partial charge in [-0.15, -0.1) is 0 Å². The smallest absolute Gasteiger partial charge is 0.251 e. The molecule has 34 heavy (non-hydrogen) atoms. The van der Waals surface area contributed by atoms with Crippen LogP contribution in [0.2, 0.25) is 0 Å². The highest BCUT2D eigenvalue weighted by Crippen LogP contribution is 2.25. The Morgan fingerprint density at radius 1 is 0.971 bits per heavy atom. The fraction of sp³-hybridized carbons (Fsp3) is 0.552. The van der Waals surface area contributed by atoms with Crippen LogP contribution in [0.25, 0.3) is 0 Å². The molecular formula is C29H38N2O3. The molecule has 0 saturated carbocycles. The summed E-state index contributed by atoms with van der Waals surface area (Å²) < 4.78 is 11.4. The van der Waals surface area contributed by atoms with Gasteiger partial charge in [0, 0.05) is 24.8 Å². The molecule has 0 unspecified atom stereocenters. The Balaban J connectivity index is 1.12. The van der Waals surface area contributed by atoms with Gasteiger partial charge in [-0.1, -0.05) is 31.0 Å². The molecule has 2 heterocycles. The third-order valence-electron chi connectivity index (χ3n) is 7.52. The molecule has 1 amide bonds. The number of nitrogens with one attached hydrogen (secondary N) is 1. The van der Waals surface area contributed by atoms with E-state index in [2.05, 4.69) is 28.4 Å². The third kappa shape index (κ3) is 6.19. The zero-order valence-electron chi connectivity index (χ0n) is 20.3. The SMILES string of the molecule is O=C(N[C@H]1CCc2cc(CN3CCCCCC3)ccc2C1)c1ccc(OC[C@@H]2CCCO2)cc1.